The van der Waals surface area contributed by atoms with E-state index >= 15 is 0 Å². The summed E-state index contributed by atoms with van der Waals surface area (Å²) in [7, 11) is 3.17. The van der Waals surface area contributed by atoms with E-state index in [1.807, 2.05) is 49.4 Å². The van der Waals surface area contributed by atoms with E-state index < -0.39 is 0 Å². The third-order valence-electron chi connectivity index (χ3n) is 5.56. The maximum absolute atomic E-state index is 13.5. The van der Waals surface area contributed by atoms with Crippen molar-refractivity contribution in [3.8, 4) is 5.75 Å². The lowest BCUT2D eigenvalue weighted by atomic mass is 9.98. The fourth-order valence-electron chi connectivity index (χ4n) is 3.72. The first-order valence-electron chi connectivity index (χ1n) is 11.3. The van der Waals surface area contributed by atoms with Crippen molar-refractivity contribution in [1.82, 2.24) is 15.2 Å². The van der Waals surface area contributed by atoms with E-state index in [4.69, 9.17) is 21.1 Å². The molecule has 2 aromatic carbocycles. The van der Waals surface area contributed by atoms with Crippen LogP contribution in [-0.4, -0.2) is 68.0 Å². The molecule has 0 aromatic heterocycles. The molecule has 1 N–H and O–H groups in total. The third kappa shape index (κ3) is 6.27. The summed E-state index contributed by atoms with van der Waals surface area (Å²) >= 11 is 6.42. The van der Waals surface area contributed by atoms with Crippen LogP contribution in [0.3, 0.4) is 0 Å². The van der Waals surface area contributed by atoms with Crippen molar-refractivity contribution >= 4 is 29.3 Å². The molecule has 0 unspecified atom stereocenters. The fourth-order valence-corrected chi connectivity index (χ4v) is 3.96. The summed E-state index contributed by atoms with van der Waals surface area (Å²) in [6.45, 7) is 3.00. The highest BCUT2D eigenvalue weighted by molar-refractivity contribution is 6.34. The summed E-state index contributed by atoms with van der Waals surface area (Å²) in [4.78, 5) is 27.6. The van der Waals surface area contributed by atoms with Gasteiger partial charge in [-0.25, -0.2) is 9.80 Å². The predicted molar refractivity (Wildman–Crippen MR) is 132 cm³/mol. The molecule has 1 aliphatic rings. The quantitative estimate of drug-likeness (QED) is 0.548. The first-order valence-corrected chi connectivity index (χ1v) is 11.7. The Morgan fingerprint density at radius 2 is 1.91 bits per heavy atom. The van der Waals surface area contributed by atoms with Crippen LogP contribution in [0.1, 0.15) is 36.9 Å². The van der Waals surface area contributed by atoms with Gasteiger partial charge in [0, 0.05) is 37.2 Å². The van der Waals surface area contributed by atoms with Gasteiger partial charge in [0.2, 0.25) is 0 Å². The minimum atomic E-state index is -0.326. The second-order valence-corrected chi connectivity index (χ2v) is 8.31. The van der Waals surface area contributed by atoms with Gasteiger partial charge in [-0.1, -0.05) is 48.9 Å². The Bertz CT molecular complexity index is 1010. The van der Waals surface area contributed by atoms with Crippen molar-refractivity contribution in [2.24, 2.45) is 5.10 Å². The van der Waals surface area contributed by atoms with E-state index in [1.54, 1.807) is 20.3 Å². The fraction of sp³-hybridized carbons (Fsp3) is 0.400. The number of halogens is 1. The monoisotopic (exact) mass is 486 g/mol. The van der Waals surface area contributed by atoms with Crippen LogP contribution >= 0.6 is 11.6 Å². The van der Waals surface area contributed by atoms with E-state index in [0.717, 1.165) is 29.0 Å². The Morgan fingerprint density at radius 3 is 2.56 bits per heavy atom. The zero-order chi connectivity index (χ0) is 24.5. The Labute approximate surface area is 205 Å². The van der Waals surface area contributed by atoms with Gasteiger partial charge in [0.1, 0.15) is 12.3 Å². The van der Waals surface area contributed by atoms with Crippen LogP contribution in [0.5, 0.6) is 5.75 Å². The van der Waals surface area contributed by atoms with Crippen molar-refractivity contribution < 1.29 is 19.1 Å². The highest BCUT2D eigenvalue weighted by Crippen LogP contribution is 2.35. The molecule has 0 saturated carbocycles. The molecule has 1 heterocycles. The topological polar surface area (TPSA) is 83.5 Å². The van der Waals surface area contributed by atoms with E-state index in [2.05, 4.69) is 10.4 Å². The smallest absolute Gasteiger partial charge is 0.317 e. The predicted octanol–water partition coefficient (Wildman–Crippen LogP) is 4.09. The standard InChI is InChI=1S/C25H31ClN4O4/c1-4-13-27-25(32)29(14-15-33-2)17-24(31)30-23(18-9-11-19(34-3)12-10-18)16-22(28-30)20-7-5-6-8-21(20)26/h5-12,23H,4,13-17H2,1-3H3,(H,27,32)/t23-/m1/s1. The molecule has 9 heteroatoms. The van der Waals surface area contributed by atoms with Crippen molar-refractivity contribution in [3.05, 3.63) is 64.7 Å². The van der Waals surface area contributed by atoms with Gasteiger partial charge in [0.15, 0.2) is 0 Å². The number of ether oxygens (including phenoxy) is 2. The summed E-state index contributed by atoms with van der Waals surface area (Å²) in [5.41, 5.74) is 2.42. The van der Waals surface area contributed by atoms with E-state index in [1.165, 1.54) is 9.91 Å². The maximum Gasteiger partial charge on any atom is 0.317 e. The van der Waals surface area contributed by atoms with Crippen molar-refractivity contribution in [1.29, 1.82) is 0 Å². The number of hydrogen-bond acceptors (Lipinski definition) is 5. The molecule has 0 saturated heterocycles. The summed E-state index contributed by atoms with van der Waals surface area (Å²) in [6.07, 6.45) is 1.30. The first-order chi connectivity index (χ1) is 16.5. The molecule has 3 amide bonds. The Morgan fingerprint density at radius 1 is 1.18 bits per heavy atom. The Balaban J connectivity index is 1.88. The van der Waals surface area contributed by atoms with Crippen molar-refractivity contribution in [2.45, 2.75) is 25.8 Å². The summed E-state index contributed by atoms with van der Waals surface area (Å²) in [6, 6.07) is 14.4. The van der Waals surface area contributed by atoms with Crippen LogP contribution in [0.2, 0.25) is 5.02 Å². The highest BCUT2D eigenvalue weighted by atomic mass is 35.5. The third-order valence-corrected chi connectivity index (χ3v) is 5.89. The number of hydrazone groups is 1. The minimum absolute atomic E-state index is 0.120. The molecule has 0 radical (unpaired) electrons. The number of methoxy groups -OCH3 is 2. The number of benzene rings is 2. The van der Waals surface area contributed by atoms with Crippen LogP contribution < -0.4 is 10.1 Å². The van der Waals surface area contributed by atoms with Crippen molar-refractivity contribution in [3.63, 3.8) is 0 Å². The molecule has 1 atom stereocenters. The molecule has 1 aliphatic heterocycles. The van der Waals surface area contributed by atoms with E-state index in [9.17, 15) is 9.59 Å². The summed E-state index contributed by atoms with van der Waals surface area (Å²) in [5, 5.41) is 9.54. The minimum Gasteiger partial charge on any atom is -0.497 e. The van der Waals surface area contributed by atoms with Crippen LogP contribution in [0.25, 0.3) is 0 Å². The molecular formula is C25H31ClN4O4. The second kappa shape index (κ2) is 12.4. The summed E-state index contributed by atoms with van der Waals surface area (Å²) < 4.78 is 10.4. The number of rotatable bonds is 10. The normalized spacial score (nSPS) is 15.1. The molecule has 8 nitrogen and oxygen atoms in total. The van der Waals surface area contributed by atoms with Gasteiger partial charge in [-0.05, 0) is 30.2 Å². The van der Waals surface area contributed by atoms with Gasteiger partial charge < -0.3 is 19.7 Å². The van der Waals surface area contributed by atoms with Gasteiger partial charge in [0.05, 0.1) is 25.5 Å². The molecule has 0 fully saturated rings. The molecule has 0 spiro atoms. The lowest BCUT2D eigenvalue weighted by molar-refractivity contribution is -0.133. The molecular weight excluding hydrogens is 456 g/mol. The molecule has 3 rings (SSSR count). The number of nitrogens with zero attached hydrogens (tertiary/aromatic N) is 3. The number of carbonyl (C=O) groups excluding carboxylic acids is 2. The molecule has 34 heavy (non-hydrogen) atoms. The van der Waals surface area contributed by atoms with Crippen LogP contribution in [0.4, 0.5) is 4.79 Å². The summed E-state index contributed by atoms with van der Waals surface area (Å²) in [5.74, 6) is 0.441. The van der Waals surface area contributed by atoms with E-state index in [0.29, 0.717) is 31.1 Å². The average molecular weight is 487 g/mol. The van der Waals surface area contributed by atoms with Gasteiger partial charge in [0.25, 0.3) is 5.91 Å². The highest BCUT2D eigenvalue weighted by Gasteiger charge is 2.35. The zero-order valence-electron chi connectivity index (χ0n) is 19.8. The zero-order valence-corrected chi connectivity index (χ0v) is 20.5. The van der Waals surface area contributed by atoms with Crippen LogP contribution in [0.15, 0.2) is 53.6 Å². The number of carbonyl (C=O) groups is 2. The SMILES string of the molecule is CCCNC(=O)N(CCOC)CC(=O)N1N=C(c2ccccc2Cl)C[C@@H]1c1ccc(OC)cc1. The number of hydrogen-bond donors (Lipinski definition) is 1. The van der Waals surface area contributed by atoms with Crippen molar-refractivity contribution in [2.75, 3.05) is 40.5 Å². The first kappa shape index (κ1) is 25.5. The molecule has 2 aromatic rings. The number of amides is 3. The average Bonchev–Trinajstić information content (AvgIpc) is 3.30. The largest absolute Gasteiger partial charge is 0.497 e. The Hall–Kier alpha value is -3.10. The van der Waals surface area contributed by atoms with Gasteiger partial charge in [-0.3, -0.25) is 4.79 Å². The van der Waals surface area contributed by atoms with E-state index in [-0.39, 0.29) is 24.5 Å². The lowest BCUT2D eigenvalue weighted by Gasteiger charge is -2.27. The van der Waals surface area contributed by atoms with Crippen LogP contribution in [-0.2, 0) is 9.53 Å². The number of nitrogens with one attached hydrogen (secondary N) is 1. The lowest BCUT2D eigenvalue weighted by Crippen LogP contribution is -2.47. The molecule has 0 bridgehead atoms. The van der Waals surface area contributed by atoms with Gasteiger partial charge in [-0.2, -0.15) is 5.10 Å². The van der Waals surface area contributed by atoms with Gasteiger partial charge >= 0.3 is 6.03 Å². The molecule has 182 valence electrons. The molecule has 0 aliphatic carbocycles. The maximum atomic E-state index is 13.5. The second-order valence-electron chi connectivity index (χ2n) is 7.90. The Kier molecular flexibility index (Phi) is 9.30. The van der Waals surface area contributed by atoms with Gasteiger partial charge in [-0.15, -0.1) is 0 Å². The number of urea groups is 1. The van der Waals surface area contributed by atoms with Crippen LogP contribution in [0, 0.1) is 0 Å².